The minimum Gasteiger partial charge on any atom is -0.478 e. The van der Waals surface area contributed by atoms with E-state index in [9.17, 15) is 14.0 Å². The van der Waals surface area contributed by atoms with Gasteiger partial charge in [0.25, 0.3) is 0 Å². The average Bonchev–Trinajstić information content (AvgIpc) is 3.22. The van der Waals surface area contributed by atoms with Crippen molar-refractivity contribution < 1.29 is 19.1 Å². The lowest BCUT2D eigenvalue weighted by atomic mass is 10.1. The minimum atomic E-state index is -1.29. The number of carboxylic acid groups (broad SMARTS) is 1. The molecular formula is C14H18FN3O3. The van der Waals surface area contributed by atoms with E-state index >= 15 is 0 Å². The van der Waals surface area contributed by atoms with Crippen molar-refractivity contribution in [2.75, 3.05) is 17.6 Å². The van der Waals surface area contributed by atoms with E-state index in [4.69, 9.17) is 10.8 Å². The van der Waals surface area contributed by atoms with E-state index < -0.39 is 11.8 Å². The lowest BCUT2D eigenvalue weighted by molar-refractivity contribution is -0.121. The smallest absolute Gasteiger partial charge is 0.340 e. The highest BCUT2D eigenvalue weighted by atomic mass is 19.1. The molecule has 1 aliphatic rings. The van der Waals surface area contributed by atoms with Gasteiger partial charge in [-0.15, -0.1) is 0 Å². The van der Waals surface area contributed by atoms with Crippen LogP contribution in [0.5, 0.6) is 0 Å². The summed E-state index contributed by atoms with van der Waals surface area (Å²) in [6, 6.07) is 2.78. The lowest BCUT2D eigenvalue weighted by Gasteiger charge is -2.12. The summed E-state index contributed by atoms with van der Waals surface area (Å²) in [5.41, 5.74) is 5.02. The zero-order chi connectivity index (χ0) is 15.4. The molecule has 0 saturated heterocycles. The molecule has 0 aliphatic heterocycles. The molecule has 1 saturated carbocycles. The number of carboxylic acids is 1. The number of hydrogen-bond acceptors (Lipinski definition) is 4. The Morgan fingerprint density at radius 1 is 1.38 bits per heavy atom. The zero-order valence-electron chi connectivity index (χ0n) is 11.5. The first kappa shape index (κ1) is 15.1. The molecule has 0 bridgehead atoms. The predicted octanol–water partition coefficient (Wildman–Crippen LogP) is 1.58. The molecule has 6 nitrogen and oxygen atoms in total. The molecule has 5 N–H and O–H groups in total. The molecule has 0 atom stereocenters. The number of halogens is 1. The Morgan fingerprint density at radius 3 is 2.71 bits per heavy atom. The topological polar surface area (TPSA) is 104 Å². The third-order valence-corrected chi connectivity index (χ3v) is 3.24. The summed E-state index contributed by atoms with van der Waals surface area (Å²) in [6.45, 7) is 0.406. The van der Waals surface area contributed by atoms with Crippen molar-refractivity contribution in [3.05, 3.63) is 23.5 Å². The van der Waals surface area contributed by atoms with Gasteiger partial charge in [0.2, 0.25) is 5.91 Å². The molecule has 21 heavy (non-hydrogen) atoms. The molecule has 0 heterocycles. The molecule has 1 amide bonds. The molecule has 0 unspecified atom stereocenters. The number of amides is 1. The first-order valence-electron chi connectivity index (χ1n) is 6.83. The predicted molar refractivity (Wildman–Crippen MR) is 76.7 cm³/mol. The molecule has 7 heteroatoms. The Balaban J connectivity index is 1.86. The van der Waals surface area contributed by atoms with Gasteiger partial charge < -0.3 is 21.5 Å². The summed E-state index contributed by atoms with van der Waals surface area (Å²) in [5, 5.41) is 14.8. The number of nitrogens with one attached hydrogen (secondary N) is 2. The number of carbonyl (C=O) groups is 2. The molecular weight excluding hydrogens is 277 g/mol. The van der Waals surface area contributed by atoms with Crippen molar-refractivity contribution in [3.8, 4) is 0 Å². The summed E-state index contributed by atoms with van der Waals surface area (Å²) < 4.78 is 13.3. The fourth-order valence-electron chi connectivity index (χ4n) is 1.97. The van der Waals surface area contributed by atoms with Crippen LogP contribution in [0.25, 0.3) is 0 Å². The number of nitrogen functional groups attached to an aromatic ring is 1. The molecule has 2 rings (SSSR count). The Hall–Kier alpha value is -2.31. The second-order valence-corrected chi connectivity index (χ2v) is 5.06. The van der Waals surface area contributed by atoms with Gasteiger partial charge in [-0.1, -0.05) is 0 Å². The number of aromatic carboxylic acids is 1. The van der Waals surface area contributed by atoms with Crippen molar-refractivity contribution in [3.63, 3.8) is 0 Å². The van der Waals surface area contributed by atoms with Crippen LogP contribution in [0.4, 0.5) is 15.8 Å². The maximum atomic E-state index is 13.3. The van der Waals surface area contributed by atoms with Crippen molar-refractivity contribution in [2.45, 2.75) is 31.7 Å². The van der Waals surface area contributed by atoms with E-state index in [0.29, 0.717) is 25.4 Å². The second-order valence-electron chi connectivity index (χ2n) is 5.06. The van der Waals surface area contributed by atoms with Crippen LogP contribution < -0.4 is 16.4 Å². The maximum Gasteiger partial charge on any atom is 0.340 e. The summed E-state index contributed by atoms with van der Waals surface area (Å²) in [5.74, 6) is -2.06. The van der Waals surface area contributed by atoms with Gasteiger partial charge >= 0.3 is 5.97 Å². The number of nitrogens with two attached hydrogens (primary N) is 1. The number of rotatable bonds is 7. The van der Waals surface area contributed by atoms with Crippen molar-refractivity contribution in [1.82, 2.24) is 5.32 Å². The van der Waals surface area contributed by atoms with E-state index in [1.807, 2.05) is 0 Å². The first-order valence-corrected chi connectivity index (χ1v) is 6.83. The van der Waals surface area contributed by atoms with Crippen LogP contribution >= 0.6 is 0 Å². The highest BCUT2D eigenvalue weighted by Crippen LogP contribution is 2.25. The standard InChI is InChI=1S/C14H18FN3O3/c15-9-5-6-10(12(13(9)16)14(20)21)17-7-1-2-11(19)18-8-3-4-8/h5-6,8,17H,1-4,7,16H2,(H,18,19)(H,20,21). The summed E-state index contributed by atoms with van der Waals surface area (Å²) in [7, 11) is 0. The highest BCUT2D eigenvalue weighted by molar-refractivity contribution is 6.00. The fraction of sp³-hybridized carbons (Fsp3) is 0.429. The van der Waals surface area contributed by atoms with Gasteiger partial charge in [-0.3, -0.25) is 4.79 Å². The maximum absolute atomic E-state index is 13.3. The molecule has 114 valence electrons. The van der Waals surface area contributed by atoms with Crippen LogP contribution in [0.15, 0.2) is 12.1 Å². The Labute approximate surface area is 121 Å². The van der Waals surface area contributed by atoms with Crippen LogP contribution in [0.2, 0.25) is 0 Å². The average molecular weight is 295 g/mol. The highest BCUT2D eigenvalue weighted by Gasteiger charge is 2.22. The van der Waals surface area contributed by atoms with Crippen LogP contribution in [-0.4, -0.2) is 29.6 Å². The van der Waals surface area contributed by atoms with Gasteiger partial charge in [0.1, 0.15) is 11.4 Å². The fourth-order valence-corrected chi connectivity index (χ4v) is 1.97. The van der Waals surface area contributed by atoms with Crippen molar-refractivity contribution >= 4 is 23.3 Å². The number of benzene rings is 1. The molecule has 0 spiro atoms. The second kappa shape index (κ2) is 6.43. The van der Waals surface area contributed by atoms with Crippen molar-refractivity contribution in [1.29, 1.82) is 0 Å². The van der Waals surface area contributed by atoms with Crippen molar-refractivity contribution in [2.24, 2.45) is 0 Å². The monoisotopic (exact) mass is 295 g/mol. The molecule has 1 aromatic rings. The van der Waals surface area contributed by atoms with E-state index in [-0.39, 0.29) is 22.8 Å². The van der Waals surface area contributed by atoms with Gasteiger partial charge in [-0.05, 0) is 31.4 Å². The van der Waals surface area contributed by atoms with Crippen LogP contribution in [0.3, 0.4) is 0 Å². The Kier molecular flexibility index (Phi) is 4.62. The first-order chi connectivity index (χ1) is 9.99. The normalized spacial score (nSPS) is 13.8. The van der Waals surface area contributed by atoms with Crippen LogP contribution in [-0.2, 0) is 4.79 Å². The number of anilines is 2. The summed E-state index contributed by atoms with van der Waals surface area (Å²) >= 11 is 0. The van der Waals surface area contributed by atoms with E-state index in [1.165, 1.54) is 6.07 Å². The summed E-state index contributed by atoms with van der Waals surface area (Å²) in [4.78, 5) is 22.6. The van der Waals surface area contributed by atoms with Gasteiger partial charge in [0.15, 0.2) is 0 Å². The van der Waals surface area contributed by atoms with Gasteiger partial charge in [-0.25, -0.2) is 9.18 Å². The molecule has 0 aromatic heterocycles. The Bertz CT molecular complexity index is 559. The Morgan fingerprint density at radius 2 is 2.10 bits per heavy atom. The van der Waals surface area contributed by atoms with Gasteiger partial charge in [-0.2, -0.15) is 0 Å². The van der Waals surface area contributed by atoms with Gasteiger partial charge in [0.05, 0.1) is 11.4 Å². The zero-order valence-corrected chi connectivity index (χ0v) is 11.5. The van der Waals surface area contributed by atoms with Gasteiger partial charge in [0, 0.05) is 19.0 Å². The van der Waals surface area contributed by atoms with E-state index in [1.54, 1.807) is 0 Å². The lowest BCUT2D eigenvalue weighted by Crippen LogP contribution is -2.25. The molecule has 0 radical (unpaired) electrons. The van der Waals surface area contributed by atoms with Crippen LogP contribution in [0, 0.1) is 5.82 Å². The molecule has 1 aliphatic carbocycles. The van der Waals surface area contributed by atoms with Crippen LogP contribution in [0.1, 0.15) is 36.0 Å². The van der Waals surface area contributed by atoms with E-state index in [2.05, 4.69) is 10.6 Å². The third-order valence-electron chi connectivity index (χ3n) is 3.24. The minimum absolute atomic E-state index is 0.00335. The number of hydrogen-bond donors (Lipinski definition) is 4. The molecule has 1 fully saturated rings. The summed E-state index contributed by atoms with van der Waals surface area (Å²) in [6.07, 6.45) is 3.00. The van der Waals surface area contributed by atoms with E-state index in [0.717, 1.165) is 18.9 Å². The third kappa shape index (κ3) is 4.08. The largest absolute Gasteiger partial charge is 0.478 e. The SMILES string of the molecule is Nc1c(F)ccc(NCCCC(=O)NC2CC2)c1C(=O)O. The molecule has 1 aromatic carbocycles. The number of carbonyl (C=O) groups excluding carboxylic acids is 1. The quantitative estimate of drug-likeness (QED) is 0.451.